The van der Waals surface area contributed by atoms with Crippen molar-refractivity contribution in [1.29, 1.82) is 0 Å². The van der Waals surface area contributed by atoms with Gasteiger partial charge in [-0.15, -0.1) is 0 Å². The maximum Gasteiger partial charge on any atom is 0.252 e. The van der Waals surface area contributed by atoms with Crippen LogP contribution in [0.15, 0.2) is 0 Å². The Kier molecular flexibility index (Phi) is 12.1. The van der Waals surface area contributed by atoms with Gasteiger partial charge in [0.2, 0.25) is 0 Å². The third-order valence-corrected chi connectivity index (χ3v) is 9.60. The first-order valence-corrected chi connectivity index (χ1v) is 16.9. The highest BCUT2D eigenvalue weighted by molar-refractivity contribution is 5.87. The highest BCUT2D eigenvalue weighted by Gasteiger charge is 2.43. The number of halogens is 27. The first-order chi connectivity index (χ1) is 32.0. The highest BCUT2D eigenvalue weighted by Crippen LogP contribution is 2.50. The summed E-state index contributed by atoms with van der Waals surface area (Å²) in [5, 5.41) is 0. The first kappa shape index (κ1) is 49.3. The zero-order chi connectivity index (χ0) is 51.6. The Labute approximate surface area is 358 Å². The lowest BCUT2D eigenvalue weighted by molar-refractivity contribution is 0.406. The van der Waals surface area contributed by atoms with Crippen LogP contribution in [0.1, 0.15) is 0 Å². The molecule has 0 atom stereocenters. The van der Waals surface area contributed by atoms with Crippen molar-refractivity contribution < 1.29 is 119 Å². The molecule has 69 heavy (non-hydrogen) atoms. The van der Waals surface area contributed by atoms with Gasteiger partial charge in [-0.1, -0.05) is 0 Å². The minimum absolute atomic E-state index is 1.94. The summed E-state index contributed by atoms with van der Waals surface area (Å²) < 4.78 is 410. The number of nitrogens with zero attached hydrogens (tertiary/aromatic N) is 3. The Balaban J connectivity index is 1.70. The lowest BCUT2D eigenvalue weighted by Crippen LogP contribution is -2.14. The Bertz CT molecular complexity index is 2940. The van der Waals surface area contributed by atoms with Gasteiger partial charge >= 0.3 is 0 Å². The van der Waals surface area contributed by atoms with E-state index in [4.69, 9.17) is 0 Å². The van der Waals surface area contributed by atoms with E-state index in [1.165, 1.54) is 0 Å². The van der Waals surface area contributed by atoms with E-state index in [1.807, 2.05) is 15.0 Å². The second-order valence-corrected chi connectivity index (χ2v) is 13.2. The van der Waals surface area contributed by atoms with Gasteiger partial charge in [0.05, 0.1) is 66.8 Å². The van der Waals surface area contributed by atoms with Crippen LogP contribution in [0.25, 0.3) is 66.8 Å². The van der Waals surface area contributed by atoms with E-state index in [0.29, 0.717) is 0 Å². The van der Waals surface area contributed by atoms with Crippen LogP contribution >= 0.6 is 0 Å². The predicted molar refractivity (Wildman–Crippen MR) is 171 cm³/mol. The maximum absolute atomic E-state index is 16.6. The molecule has 30 heteroatoms. The van der Waals surface area contributed by atoms with Gasteiger partial charge in [0, 0.05) is 0 Å². The van der Waals surface area contributed by atoms with Gasteiger partial charge in [-0.2, -0.15) is 41.3 Å². The Morgan fingerprint density at radius 3 is 0.319 bits per heavy atom. The molecule has 0 saturated carbocycles. The number of hydrogen-bond acceptors (Lipinski definition) is 3. The summed E-state index contributed by atoms with van der Waals surface area (Å²) in [6.45, 7) is 0. The van der Waals surface area contributed by atoms with Crippen molar-refractivity contribution in [3.63, 3.8) is 0 Å². The molecule has 0 aliphatic rings. The number of aromatic nitrogens is 3. The summed E-state index contributed by atoms with van der Waals surface area (Å²) in [6.07, 6.45) is 0. The first-order valence-electron chi connectivity index (χ1n) is 16.9. The molecule has 7 rings (SSSR count). The van der Waals surface area contributed by atoms with E-state index < -0.39 is 225 Å². The van der Waals surface area contributed by atoms with E-state index in [1.54, 1.807) is 0 Å². The summed E-state index contributed by atoms with van der Waals surface area (Å²) in [6, 6.07) is 0. The molecule has 0 N–H and O–H groups in total. The molecular formula is C39F27N3. The zero-order valence-corrected chi connectivity index (χ0v) is 31.0. The van der Waals surface area contributed by atoms with E-state index in [2.05, 4.69) is 0 Å². The van der Waals surface area contributed by atoms with Crippen molar-refractivity contribution in [2.24, 2.45) is 0 Å². The van der Waals surface area contributed by atoms with Crippen molar-refractivity contribution in [3.8, 4) is 66.8 Å². The molecule has 3 nitrogen and oxygen atoms in total. The Morgan fingerprint density at radius 1 is 0.116 bits per heavy atom. The van der Waals surface area contributed by atoms with Crippen molar-refractivity contribution in [2.75, 3.05) is 0 Å². The van der Waals surface area contributed by atoms with Gasteiger partial charge in [0.15, 0.2) is 105 Å². The van der Waals surface area contributed by atoms with Crippen molar-refractivity contribution in [1.82, 2.24) is 15.0 Å². The highest BCUT2D eigenvalue weighted by atomic mass is 19.2. The molecule has 7 aromatic rings. The number of hydrogen-bond donors (Lipinski definition) is 0. The van der Waals surface area contributed by atoms with E-state index >= 15 is 65.9 Å². The topological polar surface area (TPSA) is 38.7 Å². The molecule has 0 unspecified atom stereocenters. The molecule has 0 bridgehead atoms. The molecule has 0 fully saturated rings. The molecule has 0 radical (unpaired) electrons. The molecule has 0 aliphatic heterocycles. The molecule has 3 aromatic heterocycles. The van der Waals surface area contributed by atoms with Crippen LogP contribution in [-0.2, 0) is 0 Å². The lowest BCUT2D eigenvalue weighted by Gasteiger charge is -2.21. The molecule has 0 spiro atoms. The van der Waals surface area contributed by atoms with Crippen molar-refractivity contribution >= 4 is 0 Å². The second-order valence-electron chi connectivity index (χ2n) is 13.2. The van der Waals surface area contributed by atoms with Crippen LogP contribution in [0.5, 0.6) is 0 Å². The molecule has 0 aliphatic carbocycles. The van der Waals surface area contributed by atoms with Gasteiger partial charge in [-0.05, 0) is 0 Å². The van der Waals surface area contributed by atoms with Gasteiger partial charge < -0.3 is 0 Å². The minimum Gasteiger partial charge on any atom is -0.205 e. The average molecular weight is 1020 g/mol. The number of benzene rings is 4. The Hall–Kier alpha value is -7.56. The minimum atomic E-state index is -3.68. The van der Waals surface area contributed by atoms with Crippen LogP contribution in [0.3, 0.4) is 0 Å². The fourth-order valence-electron chi connectivity index (χ4n) is 6.65. The SMILES string of the molecule is Fc1nc(F)c(F)c(-c2c(F)c(F)c(-c3c(F)c(-c4c(F)c(F)c(-c5c(F)c(F)nc(F)c5F)c(F)c4F)c(F)c(-c4c(F)c(F)c(-c5c(F)c(F)nc(F)c5F)c(F)c4F)c3F)c(F)c2F)c1F. The van der Waals surface area contributed by atoms with E-state index in [0.717, 1.165) is 0 Å². The van der Waals surface area contributed by atoms with Gasteiger partial charge in [-0.3, -0.25) is 0 Å². The van der Waals surface area contributed by atoms with E-state index in [9.17, 15) is 52.7 Å². The fourth-order valence-corrected chi connectivity index (χ4v) is 6.65. The second kappa shape index (κ2) is 16.9. The Morgan fingerprint density at radius 2 is 0.203 bits per heavy atom. The van der Waals surface area contributed by atoms with Gasteiger partial charge in [0.1, 0.15) is 17.5 Å². The monoisotopic (exact) mass is 1020 g/mol. The van der Waals surface area contributed by atoms with Crippen LogP contribution in [0.2, 0.25) is 0 Å². The summed E-state index contributed by atoms with van der Waals surface area (Å²) in [5.74, 6) is -88.5. The predicted octanol–water partition coefficient (Wildman–Crippen LogP) is 13.6. The van der Waals surface area contributed by atoms with E-state index in [-0.39, 0.29) is 0 Å². The standard InChI is InChI=1S/C39F27N3/c40-13-1(4-16(43)22(49)7(23(50)17(4)44)10-28(55)34(61)67-35(62)29(10)56)14(41)3(6-20(47)26(53)9(27(54)21(6)48)12-32(59)38(65)69-39(66)33(12)60)15(42)2(13)5-18(45)24(51)8(25(52)19(5)46)11-30(57)36(63)68-37(64)31(11)58. The number of pyridine rings is 3. The van der Waals surface area contributed by atoms with Crippen LogP contribution in [-0.4, -0.2) is 15.0 Å². The largest absolute Gasteiger partial charge is 0.252 e. The third kappa shape index (κ3) is 6.94. The van der Waals surface area contributed by atoms with Gasteiger partial charge in [0.25, 0.3) is 35.7 Å². The van der Waals surface area contributed by atoms with Crippen LogP contribution in [0, 0.1) is 158 Å². The molecule has 0 amide bonds. The molecular weight excluding hydrogens is 1020 g/mol. The normalized spacial score (nSPS) is 11.7. The van der Waals surface area contributed by atoms with Crippen LogP contribution < -0.4 is 0 Å². The molecule has 0 saturated heterocycles. The fraction of sp³-hybridized carbons (Fsp3) is 0. The summed E-state index contributed by atoms with van der Waals surface area (Å²) in [5.41, 5.74) is -37.1. The molecule has 4 aromatic carbocycles. The smallest absolute Gasteiger partial charge is 0.205 e. The molecule has 3 heterocycles. The maximum atomic E-state index is 16.6. The summed E-state index contributed by atoms with van der Waals surface area (Å²) in [4.78, 5) is 5.82. The molecule has 360 valence electrons. The van der Waals surface area contributed by atoms with Gasteiger partial charge in [-0.25, -0.2) is 92.2 Å². The third-order valence-electron chi connectivity index (χ3n) is 9.60. The zero-order valence-electron chi connectivity index (χ0n) is 31.0. The summed E-state index contributed by atoms with van der Waals surface area (Å²) in [7, 11) is 0. The number of rotatable bonds is 6. The quantitative estimate of drug-likeness (QED) is 0.0946. The van der Waals surface area contributed by atoms with Crippen LogP contribution in [0.4, 0.5) is 119 Å². The van der Waals surface area contributed by atoms with Crippen molar-refractivity contribution in [3.05, 3.63) is 158 Å². The average Bonchev–Trinajstić information content (AvgIpc) is 3.28. The van der Waals surface area contributed by atoms with Crippen molar-refractivity contribution in [2.45, 2.75) is 0 Å². The summed E-state index contributed by atoms with van der Waals surface area (Å²) >= 11 is 0. The lowest BCUT2D eigenvalue weighted by atomic mass is 9.87.